The summed E-state index contributed by atoms with van der Waals surface area (Å²) in [6.07, 6.45) is 6.45. The Labute approximate surface area is 168 Å². The number of aliphatic hydroxyl groups excluding tert-OH is 1. The van der Waals surface area contributed by atoms with Crippen LogP contribution >= 0.6 is 0 Å². The number of aromatic nitrogens is 4. The van der Waals surface area contributed by atoms with Crippen molar-refractivity contribution in [1.82, 2.24) is 25.1 Å². The molecule has 1 unspecified atom stereocenters. The van der Waals surface area contributed by atoms with Crippen LogP contribution in [0.5, 0.6) is 0 Å². The number of hydrogen-bond acceptors (Lipinski definition) is 7. The summed E-state index contributed by atoms with van der Waals surface area (Å²) >= 11 is 0. The smallest absolute Gasteiger partial charge is 0.254 e. The Morgan fingerprint density at radius 2 is 2.14 bits per heavy atom. The van der Waals surface area contributed by atoms with Crippen molar-refractivity contribution in [3.8, 4) is 11.9 Å². The lowest BCUT2D eigenvalue weighted by atomic mass is 10.2. The fraction of sp³-hybridized carbons (Fsp3) is 0.350. The van der Waals surface area contributed by atoms with Gasteiger partial charge in [0.25, 0.3) is 5.91 Å². The van der Waals surface area contributed by atoms with Crippen molar-refractivity contribution in [3.05, 3.63) is 41.9 Å². The van der Waals surface area contributed by atoms with Gasteiger partial charge in [0.2, 0.25) is 0 Å². The van der Waals surface area contributed by atoms with Crippen LogP contribution in [-0.4, -0.2) is 50.0 Å². The summed E-state index contributed by atoms with van der Waals surface area (Å²) in [6.45, 7) is 4.37. The SMILES string of the molecule is CCCCNC(=O)c1cnc(-n2ncc3cc(C#N)cnc32)cc1NC(C)CO. The maximum Gasteiger partial charge on any atom is 0.254 e. The van der Waals surface area contributed by atoms with Crippen molar-refractivity contribution < 1.29 is 9.90 Å². The molecule has 0 aliphatic rings. The normalized spacial score (nSPS) is 11.8. The number of amides is 1. The number of hydrogen-bond donors (Lipinski definition) is 3. The highest BCUT2D eigenvalue weighted by Crippen LogP contribution is 2.22. The van der Waals surface area contributed by atoms with Gasteiger partial charge in [-0.15, -0.1) is 0 Å². The highest BCUT2D eigenvalue weighted by atomic mass is 16.3. The summed E-state index contributed by atoms with van der Waals surface area (Å²) in [5, 5.41) is 29.5. The number of nitriles is 1. The third-order valence-electron chi connectivity index (χ3n) is 4.38. The largest absolute Gasteiger partial charge is 0.394 e. The van der Waals surface area contributed by atoms with Crippen LogP contribution in [0.25, 0.3) is 16.9 Å². The molecule has 150 valence electrons. The van der Waals surface area contributed by atoms with E-state index in [2.05, 4.69) is 38.7 Å². The molecule has 3 aromatic rings. The molecule has 1 amide bonds. The average Bonchev–Trinajstić information content (AvgIpc) is 3.16. The first-order valence-corrected chi connectivity index (χ1v) is 9.47. The second-order valence-electron chi connectivity index (χ2n) is 6.73. The Morgan fingerprint density at radius 3 is 2.86 bits per heavy atom. The van der Waals surface area contributed by atoms with Crippen LogP contribution in [0.2, 0.25) is 0 Å². The van der Waals surface area contributed by atoms with E-state index in [1.807, 2.05) is 6.92 Å². The molecule has 0 saturated heterocycles. The van der Waals surface area contributed by atoms with E-state index < -0.39 is 0 Å². The van der Waals surface area contributed by atoms with Crippen LogP contribution in [0.3, 0.4) is 0 Å². The number of fused-ring (bicyclic) bond motifs is 1. The summed E-state index contributed by atoms with van der Waals surface area (Å²) < 4.78 is 1.55. The van der Waals surface area contributed by atoms with Crippen LogP contribution in [0, 0.1) is 11.3 Å². The molecule has 29 heavy (non-hydrogen) atoms. The number of rotatable bonds is 8. The first-order chi connectivity index (χ1) is 14.1. The monoisotopic (exact) mass is 393 g/mol. The number of nitrogens with one attached hydrogen (secondary N) is 2. The molecule has 3 rings (SSSR count). The molecule has 0 aromatic carbocycles. The number of unbranched alkanes of at least 4 members (excludes halogenated alkanes) is 1. The summed E-state index contributed by atoms with van der Waals surface area (Å²) in [4.78, 5) is 21.3. The predicted octanol–water partition coefficient (Wildman–Crippen LogP) is 2.01. The van der Waals surface area contributed by atoms with E-state index in [1.165, 1.54) is 12.4 Å². The molecular weight excluding hydrogens is 370 g/mol. The maximum atomic E-state index is 12.6. The summed E-state index contributed by atoms with van der Waals surface area (Å²) in [5.74, 6) is 0.238. The highest BCUT2D eigenvalue weighted by Gasteiger charge is 2.17. The van der Waals surface area contributed by atoms with Gasteiger partial charge in [0.15, 0.2) is 11.5 Å². The minimum Gasteiger partial charge on any atom is -0.394 e. The van der Waals surface area contributed by atoms with Gasteiger partial charge in [-0.1, -0.05) is 13.3 Å². The molecule has 9 heteroatoms. The Kier molecular flexibility index (Phi) is 6.36. The van der Waals surface area contributed by atoms with Crippen molar-refractivity contribution in [2.24, 2.45) is 0 Å². The number of pyridine rings is 2. The van der Waals surface area contributed by atoms with E-state index in [0.717, 1.165) is 12.8 Å². The third kappa shape index (κ3) is 4.50. The van der Waals surface area contributed by atoms with Gasteiger partial charge in [-0.2, -0.15) is 15.0 Å². The van der Waals surface area contributed by atoms with E-state index >= 15 is 0 Å². The molecule has 0 spiro atoms. The Morgan fingerprint density at radius 1 is 1.31 bits per heavy atom. The van der Waals surface area contributed by atoms with E-state index in [4.69, 9.17) is 5.26 Å². The van der Waals surface area contributed by atoms with Crippen molar-refractivity contribution in [2.45, 2.75) is 32.7 Å². The minimum atomic E-state index is -0.252. The molecule has 3 aromatic heterocycles. The van der Waals surface area contributed by atoms with Gasteiger partial charge in [0.05, 0.1) is 29.6 Å². The molecule has 0 fully saturated rings. The predicted molar refractivity (Wildman–Crippen MR) is 109 cm³/mol. The number of aliphatic hydroxyl groups is 1. The Bertz CT molecular complexity index is 1050. The van der Waals surface area contributed by atoms with E-state index in [9.17, 15) is 9.90 Å². The second kappa shape index (κ2) is 9.12. The van der Waals surface area contributed by atoms with Crippen LogP contribution < -0.4 is 10.6 Å². The van der Waals surface area contributed by atoms with Crippen molar-refractivity contribution in [2.75, 3.05) is 18.5 Å². The first kappa shape index (κ1) is 20.2. The van der Waals surface area contributed by atoms with Gasteiger partial charge >= 0.3 is 0 Å². The van der Waals surface area contributed by atoms with Gasteiger partial charge in [-0.25, -0.2) is 9.97 Å². The van der Waals surface area contributed by atoms with Crippen LogP contribution in [0.15, 0.2) is 30.7 Å². The van der Waals surface area contributed by atoms with Gasteiger partial charge in [-0.3, -0.25) is 4.79 Å². The van der Waals surface area contributed by atoms with Crippen LogP contribution in [0.1, 0.15) is 42.6 Å². The molecule has 3 heterocycles. The fourth-order valence-electron chi connectivity index (χ4n) is 2.80. The zero-order chi connectivity index (χ0) is 20.8. The van der Waals surface area contributed by atoms with Gasteiger partial charge in [-0.05, 0) is 19.4 Å². The lowest BCUT2D eigenvalue weighted by Crippen LogP contribution is -2.27. The second-order valence-corrected chi connectivity index (χ2v) is 6.73. The van der Waals surface area contributed by atoms with E-state index in [1.54, 1.807) is 23.0 Å². The lowest BCUT2D eigenvalue weighted by molar-refractivity contribution is 0.0953. The zero-order valence-electron chi connectivity index (χ0n) is 16.4. The van der Waals surface area contributed by atoms with Crippen molar-refractivity contribution in [3.63, 3.8) is 0 Å². The minimum absolute atomic E-state index is 0.0856. The summed E-state index contributed by atoms with van der Waals surface area (Å²) in [6, 6.07) is 5.21. The van der Waals surface area contributed by atoms with Crippen molar-refractivity contribution in [1.29, 1.82) is 5.26 Å². The topological polar surface area (TPSA) is 129 Å². The maximum absolute atomic E-state index is 12.6. The molecular formula is C20H23N7O2. The van der Waals surface area contributed by atoms with Crippen LogP contribution in [0.4, 0.5) is 5.69 Å². The van der Waals surface area contributed by atoms with E-state index in [0.29, 0.717) is 40.2 Å². The van der Waals surface area contributed by atoms with Crippen LogP contribution in [-0.2, 0) is 0 Å². The number of carbonyl (C=O) groups is 1. The summed E-state index contributed by atoms with van der Waals surface area (Å²) in [5.41, 5.74) is 1.94. The van der Waals surface area contributed by atoms with E-state index in [-0.39, 0.29) is 18.6 Å². The molecule has 3 N–H and O–H groups in total. The van der Waals surface area contributed by atoms with Crippen molar-refractivity contribution >= 4 is 22.6 Å². The molecule has 0 bridgehead atoms. The molecule has 0 saturated carbocycles. The Hall–Kier alpha value is -3.51. The molecule has 1 atom stereocenters. The standard InChI is InChI=1S/C20H23N7O2/c1-3-4-5-22-20(29)16-11-23-18(7-17(16)26-13(2)12-28)27-19-15(10-25-27)6-14(8-21)9-24-19/h6-7,9-11,13,28H,3-5,12H2,1-2H3,(H,22,29)(H,23,26). The quantitative estimate of drug-likeness (QED) is 0.499. The highest BCUT2D eigenvalue weighted by molar-refractivity contribution is 5.99. The number of carbonyl (C=O) groups excluding carboxylic acids is 1. The number of nitrogens with zero attached hydrogens (tertiary/aromatic N) is 5. The zero-order valence-corrected chi connectivity index (χ0v) is 16.4. The fourth-order valence-corrected chi connectivity index (χ4v) is 2.80. The lowest BCUT2D eigenvalue weighted by Gasteiger charge is -2.17. The third-order valence-corrected chi connectivity index (χ3v) is 4.38. The molecule has 0 aliphatic heterocycles. The molecule has 0 radical (unpaired) electrons. The Balaban J connectivity index is 1.99. The van der Waals surface area contributed by atoms with Gasteiger partial charge in [0.1, 0.15) is 6.07 Å². The summed E-state index contributed by atoms with van der Waals surface area (Å²) in [7, 11) is 0. The molecule has 0 aliphatic carbocycles. The average molecular weight is 393 g/mol. The van der Waals surface area contributed by atoms with Gasteiger partial charge in [0, 0.05) is 36.4 Å². The number of anilines is 1. The van der Waals surface area contributed by atoms with Gasteiger partial charge < -0.3 is 15.7 Å². The first-order valence-electron chi connectivity index (χ1n) is 9.47. The molecule has 9 nitrogen and oxygen atoms in total.